The van der Waals surface area contributed by atoms with E-state index >= 15 is 0 Å². The Morgan fingerprint density at radius 2 is 1.92 bits per heavy atom. The van der Waals surface area contributed by atoms with Crippen molar-refractivity contribution in [1.29, 1.82) is 0 Å². The van der Waals surface area contributed by atoms with Gasteiger partial charge in [-0.15, -0.1) is 0 Å². The molecule has 4 aromatic rings. The lowest BCUT2D eigenvalue weighted by molar-refractivity contribution is 0.513. The van der Waals surface area contributed by atoms with Crippen molar-refractivity contribution >= 4 is 22.1 Å². The van der Waals surface area contributed by atoms with E-state index in [1.165, 1.54) is 0 Å². The lowest BCUT2D eigenvalue weighted by atomic mass is 9.82. The summed E-state index contributed by atoms with van der Waals surface area (Å²) in [4.78, 5) is 12.4. The number of hydrogen-bond donors (Lipinski definition) is 1. The van der Waals surface area contributed by atoms with Gasteiger partial charge in [0.05, 0.1) is 0 Å². The second-order valence-electron chi connectivity index (χ2n) is 7.17. The SMILES string of the molecule is CC(C)c1cc2cc(C(C)(C)c3cc4cccnc4[nH]3)cnc2o1. The van der Waals surface area contributed by atoms with Crippen LogP contribution in [0.2, 0.25) is 0 Å². The number of H-pyrrole nitrogens is 1. The van der Waals surface area contributed by atoms with Crippen LogP contribution in [0.15, 0.2) is 47.1 Å². The number of rotatable bonds is 3. The third-order valence-corrected chi connectivity index (χ3v) is 4.75. The van der Waals surface area contributed by atoms with Crippen LogP contribution in [0.25, 0.3) is 22.1 Å². The van der Waals surface area contributed by atoms with E-state index < -0.39 is 0 Å². The van der Waals surface area contributed by atoms with Gasteiger partial charge < -0.3 is 9.40 Å². The Labute approximate surface area is 140 Å². The van der Waals surface area contributed by atoms with Gasteiger partial charge in [0.25, 0.3) is 0 Å². The summed E-state index contributed by atoms with van der Waals surface area (Å²) < 4.78 is 5.82. The number of nitrogens with one attached hydrogen (secondary N) is 1. The average Bonchev–Trinajstić information content (AvgIpc) is 3.18. The van der Waals surface area contributed by atoms with E-state index in [2.05, 4.69) is 66.9 Å². The Hall–Kier alpha value is -2.62. The zero-order chi connectivity index (χ0) is 16.9. The molecule has 0 fully saturated rings. The number of hydrogen-bond acceptors (Lipinski definition) is 3. The summed E-state index contributed by atoms with van der Waals surface area (Å²) in [6.45, 7) is 8.65. The van der Waals surface area contributed by atoms with Gasteiger partial charge >= 0.3 is 0 Å². The highest BCUT2D eigenvalue weighted by Gasteiger charge is 2.26. The summed E-state index contributed by atoms with van der Waals surface area (Å²) in [7, 11) is 0. The van der Waals surface area contributed by atoms with Gasteiger partial charge in [0.2, 0.25) is 5.71 Å². The average molecular weight is 319 g/mol. The number of aromatic amines is 1. The molecule has 0 atom stereocenters. The Morgan fingerprint density at radius 1 is 1.08 bits per heavy atom. The summed E-state index contributed by atoms with van der Waals surface area (Å²) in [5.41, 5.74) is 3.70. The lowest BCUT2D eigenvalue weighted by Crippen LogP contribution is -2.19. The molecule has 0 amide bonds. The molecule has 0 spiro atoms. The van der Waals surface area contributed by atoms with Crippen molar-refractivity contribution in [2.75, 3.05) is 0 Å². The molecule has 24 heavy (non-hydrogen) atoms. The second-order valence-corrected chi connectivity index (χ2v) is 7.17. The summed E-state index contributed by atoms with van der Waals surface area (Å²) in [6.07, 6.45) is 3.72. The fourth-order valence-electron chi connectivity index (χ4n) is 3.03. The highest BCUT2D eigenvalue weighted by molar-refractivity contribution is 5.78. The van der Waals surface area contributed by atoms with Crippen molar-refractivity contribution in [3.63, 3.8) is 0 Å². The highest BCUT2D eigenvalue weighted by atomic mass is 16.3. The van der Waals surface area contributed by atoms with Crippen LogP contribution < -0.4 is 0 Å². The van der Waals surface area contributed by atoms with E-state index in [1.54, 1.807) is 0 Å². The van der Waals surface area contributed by atoms with Crippen LogP contribution in [0.3, 0.4) is 0 Å². The Kier molecular flexibility index (Phi) is 3.23. The Bertz CT molecular complexity index is 991. The molecule has 0 bridgehead atoms. The van der Waals surface area contributed by atoms with Gasteiger partial charge in [0, 0.05) is 40.2 Å². The maximum Gasteiger partial charge on any atom is 0.226 e. The first-order chi connectivity index (χ1) is 11.4. The molecule has 0 aliphatic rings. The number of aromatic nitrogens is 3. The van der Waals surface area contributed by atoms with Gasteiger partial charge in [-0.1, -0.05) is 27.7 Å². The molecule has 1 N–H and O–H groups in total. The van der Waals surface area contributed by atoms with Gasteiger partial charge in [0.15, 0.2) is 0 Å². The van der Waals surface area contributed by atoms with Gasteiger partial charge in [-0.2, -0.15) is 0 Å². The van der Waals surface area contributed by atoms with Crippen molar-refractivity contribution in [3.05, 3.63) is 59.7 Å². The van der Waals surface area contributed by atoms with Crippen molar-refractivity contribution < 1.29 is 4.42 Å². The summed E-state index contributed by atoms with van der Waals surface area (Å²) in [5.74, 6) is 1.33. The zero-order valence-corrected chi connectivity index (χ0v) is 14.4. The summed E-state index contributed by atoms with van der Waals surface area (Å²) in [6, 6.07) is 10.5. The second kappa shape index (κ2) is 5.20. The molecule has 122 valence electrons. The molecule has 0 radical (unpaired) electrons. The van der Waals surface area contributed by atoms with Gasteiger partial charge in [-0.25, -0.2) is 9.97 Å². The molecule has 4 heteroatoms. The van der Waals surface area contributed by atoms with E-state index in [0.717, 1.165) is 33.4 Å². The molecule has 0 saturated heterocycles. The third kappa shape index (κ3) is 2.30. The minimum absolute atomic E-state index is 0.197. The fourth-order valence-corrected chi connectivity index (χ4v) is 3.03. The molecular formula is C20H21N3O. The van der Waals surface area contributed by atoms with Crippen LogP contribution >= 0.6 is 0 Å². The molecule has 4 heterocycles. The molecule has 0 aliphatic heterocycles. The highest BCUT2D eigenvalue weighted by Crippen LogP contribution is 2.34. The Balaban J connectivity index is 1.81. The van der Waals surface area contributed by atoms with Crippen LogP contribution in [-0.4, -0.2) is 15.0 Å². The minimum Gasteiger partial charge on any atom is -0.443 e. The fraction of sp³-hybridized carbons (Fsp3) is 0.300. The molecule has 0 aliphatic carbocycles. The maximum atomic E-state index is 5.82. The number of pyridine rings is 2. The number of fused-ring (bicyclic) bond motifs is 2. The quantitative estimate of drug-likeness (QED) is 0.568. The van der Waals surface area contributed by atoms with Crippen LogP contribution in [0.1, 0.15) is 50.6 Å². The minimum atomic E-state index is -0.197. The van der Waals surface area contributed by atoms with Crippen molar-refractivity contribution in [3.8, 4) is 0 Å². The normalized spacial score (nSPS) is 12.5. The molecule has 4 nitrogen and oxygen atoms in total. The first-order valence-electron chi connectivity index (χ1n) is 8.29. The van der Waals surface area contributed by atoms with Crippen molar-refractivity contribution in [1.82, 2.24) is 15.0 Å². The standard InChI is InChI=1S/C20H21N3O/c1-12(2)16-9-14-8-15(11-22-19(14)24-16)20(3,4)17-10-13-6-5-7-21-18(13)23-17/h5-12H,1-4H3,(H,21,23). The monoisotopic (exact) mass is 319 g/mol. The van der Waals surface area contributed by atoms with Crippen LogP contribution in [0, 0.1) is 0 Å². The predicted octanol–water partition coefficient (Wildman–Crippen LogP) is 5.15. The molecule has 4 rings (SSSR count). The molecule has 0 saturated carbocycles. The smallest absolute Gasteiger partial charge is 0.226 e. The first kappa shape index (κ1) is 14.9. The first-order valence-corrected chi connectivity index (χ1v) is 8.29. The van der Waals surface area contributed by atoms with Crippen LogP contribution in [0.5, 0.6) is 0 Å². The van der Waals surface area contributed by atoms with Gasteiger partial charge in [-0.05, 0) is 35.9 Å². The van der Waals surface area contributed by atoms with E-state index in [1.807, 2.05) is 18.5 Å². The van der Waals surface area contributed by atoms with E-state index in [0.29, 0.717) is 11.6 Å². The maximum absolute atomic E-state index is 5.82. The summed E-state index contributed by atoms with van der Waals surface area (Å²) in [5, 5.41) is 2.18. The number of furan rings is 1. The van der Waals surface area contributed by atoms with Crippen LogP contribution in [0.4, 0.5) is 0 Å². The molecule has 4 aromatic heterocycles. The third-order valence-electron chi connectivity index (χ3n) is 4.75. The molecular weight excluding hydrogens is 298 g/mol. The van der Waals surface area contributed by atoms with Gasteiger partial charge in [-0.3, -0.25) is 0 Å². The van der Waals surface area contributed by atoms with Crippen molar-refractivity contribution in [2.24, 2.45) is 0 Å². The molecule has 0 unspecified atom stereocenters. The van der Waals surface area contributed by atoms with E-state index in [9.17, 15) is 0 Å². The lowest BCUT2D eigenvalue weighted by Gasteiger charge is -2.23. The Morgan fingerprint density at radius 3 is 2.67 bits per heavy atom. The van der Waals surface area contributed by atoms with Crippen molar-refractivity contribution in [2.45, 2.75) is 39.0 Å². The predicted molar refractivity (Wildman–Crippen MR) is 96.3 cm³/mol. The summed E-state index contributed by atoms with van der Waals surface area (Å²) >= 11 is 0. The van der Waals surface area contributed by atoms with E-state index in [-0.39, 0.29) is 5.41 Å². The van der Waals surface area contributed by atoms with Gasteiger partial charge in [0.1, 0.15) is 11.4 Å². The molecule has 0 aromatic carbocycles. The topological polar surface area (TPSA) is 54.7 Å². The number of nitrogens with zero attached hydrogens (tertiary/aromatic N) is 2. The van der Waals surface area contributed by atoms with Crippen LogP contribution in [-0.2, 0) is 5.41 Å². The van der Waals surface area contributed by atoms with E-state index in [4.69, 9.17) is 4.42 Å². The zero-order valence-electron chi connectivity index (χ0n) is 14.4. The largest absolute Gasteiger partial charge is 0.443 e.